The number of aliphatic hydroxyl groups is 1. The smallest absolute Gasteiger partial charge is 0.105 e. The summed E-state index contributed by atoms with van der Waals surface area (Å²) in [5, 5.41) is 10.4. The van der Waals surface area contributed by atoms with E-state index >= 15 is 0 Å². The van der Waals surface area contributed by atoms with Gasteiger partial charge in [-0.1, -0.05) is 48.0 Å². The topological polar surface area (TPSA) is 20.2 Å². The van der Waals surface area contributed by atoms with Crippen LogP contribution >= 0.6 is 0 Å². The van der Waals surface area contributed by atoms with Crippen molar-refractivity contribution in [2.24, 2.45) is 0 Å². The first-order valence-electron chi connectivity index (χ1n) is 5.90. The van der Waals surface area contributed by atoms with Gasteiger partial charge in [-0.2, -0.15) is 0 Å². The van der Waals surface area contributed by atoms with Crippen LogP contribution in [-0.2, 0) is 0 Å². The van der Waals surface area contributed by atoms with E-state index < -0.39 is 6.10 Å². The van der Waals surface area contributed by atoms with E-state index in [2.05, 4.69) is 13.0 Å². The van der Waals surface area contributed by atoms with Gasteiger partial charge >= 0.3 is 0 Å². The number of hydrogen-bond donors (Lipinski definition) is 1. The highest BCUT2D eigenvalue weighted by Gasteiger charge is 2.14. The second kappa shape index (κ2) is 4.72. The molecule has 0 heterocycles. The fourth-order valence-corrected chi connectivity index (χ4v) is 2.19. The van der Waals surface area contributed by atoms with E-state index in [9.17, 15) is 5.11 Å². The second-order valence-corrected chi connectivity index (χ2v) is 4.62. The Morgan fingerprint density at radius 3 is 2.12 bits per heavy atom. The Labute approximate surface area is 103 Å². The van der Waals surface area contributed by atoms with Crippen LogP contribution < -0.4 is 0 Å². The number of benzene rings is 2. The quantitative estimate of drug-likeness (QED) is 0.828. The molecule has 1 nitrogen and oxygen atoms in total. The van der Waals surface area contributed by atoms with Crippen LogP contribution in [-0.4, -0.2) is 5.11 Å². The maximum Gasteiger partial charge on any atom is 0.105 e. The predicted molar refractivity (Wildman–Crippen MR) is 71.2 cm³/mol. The van der Waals surface area contributed by atoms with Crippen LogP contribution in [0, 0.1) is 20.8 Å². The van der Waals surface area contributed by atoms with Gasteiger partial charge in [0.15, 0.2) is 0 Å². The van der Waals surface area contributed by atoms with Crippen LogP contribution in [0.2, 0.25) is 0 Å². The molecule has 1 heteroatoms. The van der Waals surface area contributed by atoms with E-state index in [0.717, 1.165) is 22.3 Å². The molecule has 0 saturated carbocycles. The van der Waals surface area contributed by atoms with E-state index in [4.69, 9.17) is 0 Å². The van der Waals surface area contributed by atoms with E-state index in [-0.39, 0.29) is 0 Å². The molecular formula is C16H18O. The molecular weight excluding hydrogens is 208 g/mol. The molecule has 0 aliphatic carbocycles. The van der Waals surface area contributed by atoms with Crippen molar-refractivity contribution in [3.8, 4) is 0 Å². The van der Waals surface area contributed by atoms with Crippen molar-refractivity contribution in [3.63, 3.8) is 0 Å². The average Bonchev–Trinajstić information content (AvgIpc) is 2.29. The summed E-state index contributed by atoms with van der Waals surface area (Å²) in [5.41, 5.74) is 5.47. The van der Waals surface area contributed by atoms with Crippen LogP contribution in [0.1, 0.15) is 33.9 Å². The monoisotopic (exact) mass is 226 g/mol. The zero-order chi connectivity index (χ0) is 12.4. The van der Waals surface area contributed by atoms with Gasteiger partial charge in [0.25, 0.3) is 0 Å². The van der Waals surface area contributed by atoms with E-state index in [1.165, 1.54) is 5.56 Å². The highest BCUT2D eigenvalue weighted by atomic mass is 16.3. The van der Waals surface area contributed by atoms with E-state index in [0.29, 0.717) is 0 Å². The van der Waals surface area contributed by atoms with Crippen molar-refractivity contribution in [1.82, 2.24) is 0 Å². The molecule has 0 radical (unpaired) electrons. The summed E-state index contributed by atoms with van der Waals surface area (Å²) >= 11 is 0. The van der Waals surface area contributed by atoms with Crippen molar-refractivity contribution in [2.45, 2.75) is 26.9 Å². The van der Waals surface area contributed by atoms with Gasteiger partial charge in [0, 0.05) is 0 Å². The van der Waals surface area contributed by atoms with Crippen molar-refractivity contribution in [3.05, 3.63) is 70.3 Å². The fourth-order valence-electron chi connectivity index (χ4n) is 2.19. The lowest BCUT2D eigenvalue weighted by Crippen LogP contribution is -2.04. The summed E-state index contributed by atoms with van der Waals surface area (Å²) in [6, 6.07) is 14.1. The summed E-state index contributed by atoms with van der Waals surface area (Å²) in [6.45, 7) is 6.14. The molecule has 88 valence electrons. The van der Waals surface area contributed by atoms with Gasteiger partial charge in [-0.05, 0) is 43.0 Å². The molecule has 2 aromatic carbocycles. The Morgan fingerprint density at radius 1 is 0.824 bits per heavy atom. The normalized spacial score (nSPS) is 12.5. The van der Waals surface area contributed by atoms with Gasteiger partial charge in [-0.3, -0.25) is 0 Å². The molecule has 0 spiro atoms. The number of hydrogen-bond acceptors (Lipinski definition) is 1. The summed E-state index contributed by atoms with van der Waals surface area (Å²) < 4.78 is 0. The van der Waals surface area contributed by atoms with Gasteiger partial charge in [0.1, 0.15) is 6.10 Å². The molecule has 0 fully saturated rings. The SMILES string of the molecule is Cc1ccc(C(O)c2ccccc2C)c(C)c1. The van der Waals surface area contributed by atoms with Crippen molar-refractivity contribution in [2.75, 3.05) is 0 Å². The largest absolute Gasteiger partial charge is 0.384 e. The minimum Gasteiger partial charge on any atom is -0.384 e. The van der Waals surface area contributed by atoms with Gasteiger partial charge in [-0.25, -0.2) is 0 Å². The first-order valence-corrected chi connectivity index (χ1v) is 5.90. The van der Waals surface area contributed by atoms with Gasteiger partial charge in [0.2, 0.25) is 0 Å². The fraction of sp³-hybridized carbons (Fsp3) is 0.250. The lowest BCUT2D eigenvalue weighted by Gasteiger charge is -2.16. The molecule has 2 aromatic rings. The van der Waals surface area contributed by atoms with Gasteiger partial charge < -0.3 is 5.11 Å². The van der Waals surface area contributed by atoms with Crippen LogP contribution in [0.4, 0.5) is 0 Å². The summed E-state index contributed by atoms with van der Waals surface area (Å²) in [6.07, 6.45) is -0.531. The highest BCUT2D eigenvalue weighted by Crippen LogP contribution is 2.27. The van der Waals surface area contributed by atoms with Crippen LogP contribution in [0.25, 0.3) is 0 Å². The molecule has 1 N–H and O–H groups in total. The van der Waals surface area contributed by atoms with Crippen molar-refractivity contribution in [1.29, 1.82) is 0 Å². The Morgan fingerprint density at radius 2 is 1.47 bits per heavy atom. The lowest BCUT2D eigenvalue weighted by atomic mass is 9.94. The van der Waals surface area contributed by atoms with Gasteiger partial charge in [-0.15, -0.1) is 0 Å². The Balaban J connectivity index is 2.44. The van der Waals surface area contributed by atoms with Gasteiger partial charge in [0.05, 0.1) is 0 Å². The first-order chi connectivity index (χ1) is 8.09. The molecule has 0 aromatic heterocycles. The van der Waals surface area contributed by atoms with Crippen LogP contribution in [0.15, 0.2) is 42.5 Å². The molecule has 0 aliphatic rings. The zero-order valence-electron chi connectivity index (χ0n) is 10.6. The Hall–Kier alpha value is -1.60. The van der Waals surface area contributed by atoms with E-state index in [1.807, 2.05) is 50.2 Å². The number of aliphatic hydroxyl groups excluding tert-OH is 1. The average molecular weight is 226 g/mol. The number of rotatable bonds is 2. The third-order valence-electron chi connectivity index (χ3n) is 3.20. The van der Waals surface area contributed by atoms with Crippen LogP contribution in [0.3, 0.4) is 0 Å². The summed E-state index contributed by atoms with van der Waals surface area (Å²) in [5.74, 6) is 0. The summed E-state index contributed by atoms with van der Waals surface area (Å²) in [7, 11) is 0. The third-order valence-corrected chi connectivity index (χ3v) is 3.20. The minimum atomic E-state index is -0.531. The molecule has 0 aliphatic heterocycles. The molecule has 1 atom stereocenters. The maximum absolute atomic E-state index is 10.4. The highest BCUT2D eigenvalue weighted by molar-refractivity contribution is 5.40. The molecule has 0 bridgehead atoms. The van der Waals surface area contributed by atoms with Crippen LogP contribution in [0.5, 0.6) is 0 Å². The number of aryl methyl sites for hydroxylation is 3. The Bertz CT molecular complexity index is 529. The second-order valence-electron chi connectivity index (χ2n) is 4.62. The molecule has 0 amide bonds. The maximum atomic E-state index is 10.4. The Kier molecular flexibility index (Phi) is 3.30. The molecule has 17 heavy (non-hydrogen) atoms. The summed E-state index contributed by atoms with van der Waals surface area (Å²) in [4.78, 5) is 0. The minimum absolute atomic E-state index is 0.531. The van der Waals surface area contributed by atoms with Crippen molar-refractivity contribution < 1.29 is 5.11 Å². The van der Waals surface area contributed by atoms with Crippen molar-refractivity contribution >= 4 is 0 Å². The molecule has 0 saturated heterocycles. The molecule has 1 unspecified atom stereocenters. The zero-order valence-corrected chi connectivity index (χ0v) is 10.6. The molecule has 2 rings (SSSR count). The van der Waals surface area contributed by atoms with E-state index in [1.54, 1.807) is 0 Å². The standard InChI is InChI=1S/C16H18O/c1-11-8-9-15(13(3)10-11)16(17)14-7-5-4-6-12(14)2/h4-10,16-17H,1-3H3. The third kappa shape index (κ3) is 2.40. The predicted octanol–water partition coefficient (Wildman–Crippen LogP) is 3.69. The first kappa shape index (κ1) is 11.9. The lowest BCUT2D eigenvalue weighted by molar-refractivity contribution is 0.219.